The molecule has 0 spiro atoms. The predicted molar refractivity (Wildman–Crippen MR) is 79.8 cm³/mol. The third-order valence-corrected chi connectivity index (χ3v) is 4.10. The summed E-state index contributed by atoms with van der Waals surface area (Å²) in [5.74, 6) is 1.39. The van der Waals surface area contributed by atoms with Crippen LogP contribution < -0.4 is 9.47 Å². The van der Waals surface area contributed by atoms with Crippen LogP contribution in [0.3, 0.4) is 0 Å². The molecule has 0 bridgehead atoms. The first-order valence-corrected chi connectivity index (χ1v) is 7.07. The Morgan fingerprint density at radius 1 is 1.19 bits per heavy atom. The maximum absolute atomic E-state index is 10.8. The van der Waals surface area contributed by atoms with Crippen molar-refractivity contribution >= 4 is 0 Å². The van der Waals surface area contributed by atoms with Gasteiger partial charge in [0, 0.05) is 23.9 Å². The molecule has 2 unspecified atom stereocenters. The molecular weight excluding hydrogens is 266 g/mol. The van der Waals surface area contributed by atoms with E-state index < -0.39 is 6.10 Å². The van der Waals surface area contributed by atoms with Crippen LogP contribution in [0.15, 0.2) is 36.5 Å². The number of aliphatic hydroxyl groups is 1. The van der Waals surface area contributed by atoms with Crippen molar-refractivity contribution < 1.29 is 14.6 Å². The van der Waals surface area contributed by atoms with Gasteiger partial charge in [-0.3, -0.25) is 4.98 Å². The topological polar surface area (TPSA) is 51.6 Å². The van der Waals surface area contributed by atoms with E-state index in [1.165, 1.54) is 5.56 Å². The van der Waals surface area contributed by atoms with Crippen molar-refractivity contribution in [3.8, 4) is 11.5 Å². The molecule has 21 heavy (non-hydrogen) atoms. The Labute approximate surface area is 124 Å². The molecule has 0 fully saturated rings. The molecule has 3 rings (SSSR count). The molecule has 2 atom stereocenters. The third kappa shape index (κ3) is 2.59. The van der Waals surface area contributed by atoms with Crippen LogP contribution >= 0.6 is 0 Å². The molecule has 110 valence electrons. The van der Waals surface area contributed by atoms with Crippen molar-refractivity contribution in [1.29, 1.82) is 0 Å². The van der Waals surface area contributed by atoms with E-state index in [0.717, 1.165) is 24.1 Å². The summed E-state index contributed by atoms with van der Waals surface area (Å²) >= 11 is 0. The minimum Gasteiger partial charge on any atom is -0.497 e. The lowest BCUT2D eigenvalue weighted by Gasteiger charge is -2.20. The quantitative estimate of drug-likeness (QED) is 0.938. The molecule has 0 saturated carbocycles. The zero-order valence-corrected chi connectivity index (χ0v) is 12.2. The van der Waals surface area contributed by atoms with Crippen LogP contribution in [0.1, 0.15) is 35.3 Å². The summed E-state index contributed by atoms with van der Waals surface area (Å²) in [5.41, 5.74) is 3.04. The fourth-order valence-electron chi connectivity index (χ4n) is 2.98. The van der Waals surface area contributed by atoms with Crippen molar-refractivity contribution in [2.24, 2.45) is 0 Å². The van der Waals surface area contributed by atoms with Crippen LogP contribution in [-0.4, -0.2) is 24.3 Å². The highest BCUT2D eigenvalue weighted by Crippen LogP contribution is 2.41. The van der Waals surface area contributed by atoms with Gasteiger partial charge in [0.2, 0.25) is 0 Å². The van der Waals surface area contributed by atoms with Crippen molar-refractivity contribution in [3.63, 3.8) is 0 Å². The number of methoxy groups -OCH3 is 2. The fraction of sp³-hybridized carbons (Fsp3) is 0.353. The maximum Gasteiger partial charge on any atom is 0.122 e. The number of aliphatic hydroxyl groups excluding tert-OH is 1. The Hall–Kier alpha value is -2.07. The molecule has 0 amide bonds. The van der Waals surface area contributed by atoms with Crippen molar-refractivity contribution in [2.75, 3.05) is 14.2 Å². The molecule has 1 N–H and O–H groups in total. The summed E-state index contributed by atoms with van der Waals surface area (Å²) in [7, 11) is 3.22. The van der Waals surface area contributed by atoms with E-state index >= 15 is 0 Å². The second-order valence-corrected chi connectivity index (χ2v) is 5.28. The summed E-state index contributed by atoms with van der Waals surface area (Å²) in [4.78, 5) is 4.45. The van der Waals surface area contributed by atoms with Gasteiger partial charge in [0.1, 0.15) is 11.5 Å². The van der Waals surface area contributed by atoms with E-state index in [-0.39, 0.29) is 5.92 Å². The van der Waals surface area contributed by atoms with Crippen molar-refractivity contribution in [1.82, 2.24) is 4.98 Å². The lowest BCUT2D eigenvalue weighted by atomic mass is 9.93. The summed E-state index contributed by atoms with van der Waals surface area (Å²) < 4.78 is 10.5. The number of benzene rings is 1. The Balaban J connectivity index is 1.94. The summed E-state index contributed by atoms with van der Waals surface area (Å²) in [6.45, 7) is 0. The highest BCUT2D eigenvalue weighted by atomic mass is 16.5. The molecule has 1 aromatic carbocycles. The molecule has 1 aromatic heterocycles. The van der Waals surface area contributed by atoms with Crippen LogP contribution in [0.4, 0.5) is 0 Å². The number of aryl methyl sites for hydroxylation is 1. The number of ether oxygens (including phenoxy) is 2. The molecular formula is C17H19NO3. The molecule has 4 nitrogen and oxygen atoms in total. The highest BCUT2D eigenvalue weighted by molar-refractivity contribution is 5.41. The smallest absolute Gasteiger partial charge is 0.122 e. The molecule has 0 aliphatic heterocycles. The first kappa shape index (κ1) is 13.9. The van der Waals surface area contributed by atoms with E-state index in [1.54, 1.807) is 26.5 Å². The summed E-state index contributed by atoms with van der Waals surface area (Å²) in [6.07, 6.45) is 3.06. The summed E-state index contributed by atoms with van der Waals surface area (Å²) in [5, 5.41) is 10.8. The first-order valence-electron chi connectivity index (χ1n) is 7.07. The lowest BCUT2D eigenvalue weighted by Crippen LogP contribution is -2.10. The Kier molecular flexibility index (Phi) is 3.80. The van der Waals surface area contributed by atoms with Gasteiger partial charge in [0.25, 0.3) is 0 Å². The van der Waals surface area contributed by atoms with E-state index in [9.17, 15) is 5.11 Å². The Morgan fingerprint density at radius 2 is 1.90 bits per heavy atom. The Morgan fingerprint density at radius 3 is 2.57 bits per heavy atom. The first-order chi connectivity index (χ1) is 10.2. The molecule has 4 heteroatoms. The van der Waals surface area contributed by atoms with E-state index in [2.05, 4.69) is 11.1 Å². The highest BCUT2D eigenvalue weighted by Gasteiger charge is 2.31. The van der Waals surface area contributed by atoms with E-state index in [0.29, 0.717) is 11.5 Å². The van der Waals surface area contributed by atoms with E-state index in [4.69, 9.17) is 9.47 Å². The number of hydrogen-bond donors (Lipinski definition) is 1. The number of rotatable bonds is 4. The van der Waals surface area contributed by atoms with Gasteiger partial charge in [-0.05, 0) is 42.2 Å². The number of nitrogens with zero attached hydrogens (tertiary/aromatic N) is 1. The second-order valence-electron chi connectivity index (χ2n) is 5.28. The minimum absolute atomic E-state index is 0.0259. The van der Waals surface area contributed by atoms with Crippen LogP contribution in [0.2, 0.25) is 0 Å². The SMILES string of the molecule is COc1cc(OC)cc(C(O)C2CCc3cccnc32)c1. The van der Waals surface area contributed by atoms with Gasteiger partial charge in [-0.15, -0.1) is 0 Å². The van der Waals surface area contributed by atoms with Crippen LogP contribution in [-0.2, 0) is 6.42 Å². The number of pyridine rings is 1. The average Bonchev–Trinajstić information content (AvgIpc) is 2.97. The molecule has 1 heterocycles. The summed E-state index contributed by atoms with van der Waals surface area (Å²) in [6, 6.07) is 9.54. The molecule has 2 aromatic rings. The zero-order chi connectivity index (χ0) is 14.8. The van der Waals surface area contributed by atoms with Crippen LogP contribution in [0.5, 0.6) is 11.5 Å². The predicted octanol–water partition coefficient (Wildman–Crippen LogP) is 2.86. The van der Waals surface area contributed by atoms with Crippen molar-refractivity contribution in [3.05, 3.63) is 53.3 Å². The van der Waals surface area contributed by atoms with Gasteiger partial charge < -0.3 is 14.6 Å². The van der Waals surface area contributed by atoms with Crippen molar-refractivity contribution in [2.45, 2.75) is 24.9 Å². The third-order valence-electron chi connectivity index (χ3n) is 4.10. The second kappa shape index (κ2) is 5.74. The minimum atomic E-state index is -0.606. The number of fused-ring (bicyclic) bond motifs is 1. The number of aromatic nitrogens is 1. The van der Waals surface area contributed by atoms with Crippen LogP contribution in [0, 0.1) is 0 Å². The Bertz CT molecular complexity index is 619. The monoisotopic (exact) mass is 285 g/mol. The molecule has 1 aliphatic carbocycles. The number of hydrogen-bond acceptors (Lipinski definition) is 4. The molecule has 1 aliphatic rings. The molecule has 0 saturated heterocycles. The van der Waals surface area contributed by atoms with Gasteiger partial charge in [-0.1, -0.05) is 6.07 Å². The normalized spacial score (nSPS) is 18.1. The van der Waals surface area contributed by atoms with E-state index in [1.807, 2.05) is 18.2 Å². The average molecular weight is 285 g/mol. The molecule has 0 radical (unpaired) electrons. The lowest BCUT2D eigenvalue weighted by molar-refractivity contribution is 0.142. The fourth-order valence-corrected chi connectivity index (χ4v) is 2.98. The maximum atomic E-state index is 10.8. The van der Waals surface area contributed by atoms with Gasteiger partial charge in [-0.2, -0.15) is 0 Å². The van der Waals surface area contributed by atoms with Gasteiger partial charge in [0.05, 0.1) is 20.3 Å². The standard InChI is InChI=1S/C17H19NO3/c1-20-13-8-12(9-14(10-13)21-2)17(19)15-6-5-11-4-3-7-18-16(11)15/h3-4,7-10,15,17,19H,5-6H2,1-2H3. The van der Waals surface area contributed by atoms with Crippen LogP contribution in [0.25, 0.3) is 0 Å². The van der Waals surface area contributed by atoms with Gasteiger partial charge in [0.15, 0.2) is 0 Å². The van der Waals surface area contributed by atoms with Gasteiger partial charge >= 0.3 is 0 Å². The largest absolute Gasteiger partial charge is 0.497 e. The van der Waals surface area contributed by atoms with Gasteiger partial charge in [-0.25, -0.2) is 0 Å². The zero-order valence-electron chi connectivity index (χ0n) is 12.2.